The Morgan fingerprint density at radius 2 is 1.95 bits per heavy atom. The molecule has 0 saturated heterocycles. The van der Waals surface area contributed by atoms with Crippen LogP contribution in [0.25, 0.3) is 5.65 Å². The van der Waals surface area contributed by atoms with Crippen LogP contribution < -0.4 is 5.32 Å². The van der Waals surface area contributed by atoms with Gasteiger partial charge in [-0.15, -0.1) is 0 Å². The molecule has 2 heterocycles. The zero-order valence-electron chi connectivity index (χ0n) is 11.7. The average Bonchev–Trinajstić information content (AvgIpc) is 3.03. The molecule has 0 aliphatic heterocycles. The number of benzene rings is 1. The number of amides is 1. The summed E-state index contributed by atoms with van der Waals surface area (Å²) in [5, 5.41) is 6.75. The van der Waals surface area contributed by atoms with Crippen LogP contribution in [0.1, 0.15) is 20.8 Å². The first-order chi connectivity index (χ1) is 10.7. The van der Waals surface area contributed by atoms with Crippen LogP contribution in [0.3, 0.4) is 0 Å². The summed E-state index contributed by atoms with van der Waals surface area (Å²) in [5.74, 6) is -0.915. The average molecular weight is 296 g/mol. The zero-order valence-corrected chi connectivity index (χ0v) is 11.7. The molecular formula is C15H12N4O3. The zero-order chi connectivity index (χ0) is 15.5. The van der Waals surface area contributed by atoms with Crippen molar-refractivity contribution in [2.45, 2.75) is 0 Å². The lowest BCUT2D eigenvalue weighted by Crippen LogP contribution is -2.18. The summed E-state index contributed by atoms with van der Waals surface area (Å²) in [6, 6.07) is 9.87. The number of fused-ring (bicyclic) bond motifs is 1. The van der Waals surface area contributed by atoms with Gasteiger partial charge in [0.25, 0.3) is 5.91 Å². The third-order valence-electron chi connectivity index (χ3n) is 3.10. The summed E-state index contributed by atoms with van der Waals surface area (Å²) in [6.07, 6.45) is 3.08. The number of nitrogens with zero attached hydrogens (tertiary/aromatic N) is 3. The van der Waals surface area contributed by atoms with Crippen molar-refractivity contribution < 1.29 is 14.3 Å². The van der Waals surface area contributed by atoms with Crippen LogP contribution in [0, 0.1) is 0 Å². The summed E-state index contributed by atoms with van der Waals surface area (Å²) >= 11 is 0. The van der Waals surface area contributed by atoms with Gasteiger partial charge in [-0.25, -0.2) is 14.3 Å². The third kappa shape index (κ3) is 2.39. The topological polar surface area (TPSA) is 85.6 Å². The van der Waals surface area contributed by atoms with Crippen LogP contribution in [0.5, 0.6) is 0 Å². The first kappa shape index (κ1) is 13.7. The highest BCUT2D eigenvalue weighted by molar-refractivity contribution is 6.07. The first-order valence-electron chi connectivity index (χ1n) is 6.48. The number of aromatic nitrogens is 3. The molecule has 3 rings (SSSR count). The maximum atomic E-state index is 12.4. The van der Waals surface area contributed by atoms with Crippen molar-refractivity contribution in [3.8, 4) is 0 Å². The van der Waals surface area contributed by atoms with E-state index in [9.17, 15) is 9.59 Å². The molecule has 0 spiro atoms. The van der Waals surface area contributed by atoms with Gasteiger partial charge in [-0.2, -0.15) is 5.10 Å². The Morgan fingerprint density at radius 3 is 2.77 bits per heavy atom. The van der Waals surface area contributed by atoms with Gasteiger partial charge in [0.05, 0.1) is 24.6 Å². The van der Waals surface area contributed by atoms with Crippen molar-refractivity contribution in [1.82, 2.24) is 14.6 Å². The van der Waals surface area contributed by atoms with Gasteiger partial charge in [0, 0.05) is 12.3 Å². The molecule has 2 aromatic heterocycles. The molecule has 0 saturated carbocycles. The third-order valence-corrected chi connectivity index (χ3v) is 3.10. The van der Waals surface area contributed by atoms with E-state index in [1.807, 2.05) is 0 Å². The molecule has 0 unspecified atom stereocenters. The standard InChI is InChI=1S/C15H12N4O3/c1-22-15(21)10-4-2-3-5-11(10)18-14(20)12-6-8-16-13-7-9-17-19(12)13/h2-9H,1H3,(H,18,20). The largest absolute Gasteiger partial charge is 0.465 e. The number of hydrogen-bond donors (Lipinski definition) is 1. The van der Waals surface area contributed by atoms with Gasteiger partial charge in [0.1, 0.15) is 5.69 Å². The summed E-state index contributed by atoms with van der Waals surface area (Å²) in [6.45, 7) is 0. The summed E-state index contributed by atoms with van der Waals surface area (Å²) in [5.41, 5.74) is 1.53. The quantitative estimate of drug-likeness (QED) is 0.744. The number of anilines is 1. The monoisotopic (exact) mass is 296 g/mol. The molecule has 3 aromatic rings. The molecule has 0 aliphatic rings. The minimum Gasteiger partial charge on any atom is -0.465 e. The van der Waals surface area contributed by atoms with Crippen molar-refractivity contribution >= 4 is 23.2 Å². The van der Waals surface area contributed by atoms with Crippen molar-refractivity contribution in [2.75, 3.05) is 12.4 Å². The van der Waals surface area contributed by atoms with E-state index in [1.54, 1.807) is 42.6 Å². The summed E-state index contributed by atoms with van der Waals surface area (Å²) in [7, 11) is 1.29. The highest BCUT2D eigenvalue weighted by Crippen LogP contribution is 2.17. The van der Waals surface area contributed by atoms with Gasteiger partial charge in [0.15, 0.2) is 5.65 Å². The van der Waals surface area contributed by atoms with Crippen LogP contribution >= 0.6 is 0 Å². The van der Waals surface area contributed by atoms with E-state index < -0.39 is 11.9 Å². The summed E-state index contributed by atoms with van der Waals surface area (Å²) in [4.78, 5) is 28.3. The molecule has 7 heteroatoms. The smallest absolute Gasteiger partial charge is 0.339 e. The molecular weight excluding hydrogens is 284 g/mol. The lowest BCUT2D eigenvalue weighted by Gasteiger charge is -2.10. The minimum atomic E-state index is -0.519. The normalized spacial score (nSPS) is 10.4. The molecule has 7 nitrogen and oxygen atoms in total. The van der Waals surface area contributed by atoms with E-state index in [4.69, 9.17) is 4.74 Å². The molecule has 1 aromatic carbocycles. The second-order valence-corrected chi connectivity index (χ2v) is 4.42. The Hall–Kier alpha value is -3.22. The molecule has 0 bridgehead atoms. The van der Waals surface area contributed by atoms with Gasteiger partial charge in [-0.1, -0.05) is 12.1 Å². The van der Waals surface area contributed by atoms with E-state index in [2.05, 4.69) is 15.4 Å². The second kappa shape index (κ2) is 5.65. The fourth-order valence-corrected chi connectivity index (χ4v) is 2.07. The van der Waals surface area contributed by atoms with E-state index in [0.29, 0.717) is 17.0 Å². The van der Waals surface area contributed by atoms with Crippen LogP contribution in [0.2, 0.25) is 0 Å². The van der Waals surface area contributed by atoms with Crippen LogP contribution in [0.4, 0.5) is 5.69 Å². The maximum absolute atomic E-state index is 12.4. The SMILES string of the molecule is COC(=O)c1ccccc1NC(=O)c1ccnc2ccnn12. The molecule has 22 heavy (non-hydrogen) atoms. The van der Waals surface area contributed by atoms with Gasteiger partial charge < -0.3 is 10.1 Å². The van der Waals surface area contributed by atoms with Gasteiger partial charge in [-0.05, 0) is 18.2 Å². The Morgan fingerprint density at radius 1 is 1.14 bits per heavy atom. The summed E-state index contributed by atoms with van der Waals surface area (Å²) < 4.78 is 6.13. The Bertz CT molecular complexity index is 857. The number of hydrogen-bond acceptors (Lipinski definition) is 5. The Labute approximate surface area is 125 Å². The number of carbonyl (C=O) groups excluding carboxylic acids is 2. The number of ether oxygens (including phenoxy) is 1. The number of esters is 1. The highest BCUT2D eigenvalue weighted by atomic mass is 16.5. The number of para-hydroxylation sites is 1. The molecule has 0 radical (unpaired) electrons. The lowest BCUT2D eigenvalue weighted by atomic mass is 10.1. The predicted octanol–water partition coefficient (Wildman–Crippen LogP) is 1.77. The van der Waals surface area contributed by atoms with Crippen molar-refractivity contribution in [3.63, 3.8) is 0 Å². The fraction of sp³-hybridized carbons (Fsp3) is 0.0667. The Balaban J connectivity index is 1.95. The minimum absolute atomic E-state index is 0.282. The van der Waals surface area contributed by atoms with Gasteiger partial charge in [0.2, 0.25) is 0 Å². The van der Waals surface area contributed by atoms with Crippen LogP contribution in [-0.2, 0) is 4.74 Å². The molecule has 110 valence electrons. The van der Waals surface area contributed by atoms with Crippen molar-refractivity contribution in [2.24, 2.45) is 0 Å². The number of methoxy groups -OCH3 is 1. The van der Waals surface area contributed by atoms with Gasteiger partial charge >= 0.3 is 5.97 Å². The highest BCUT2D eigenvalue weighted by Gasteiger charge is 2.16. The number of carbonyl (C=O) groups is 2. The molecule has 1 N–H and O–H groups in total. The van der Waals surface area contributed by atoms with E-state index in [-0.39, 0.29) is 5.56 Å². The van der Waals surface area contributed by atoms with E-state index in [0.717, 1.165) is 0 Å². The first-order valence-corrected chi connectivity index (χ1v) is 6.48. The van der Waals surface area contributed by atoms with E-state index in [1.165, 1.54) is 17.8 Å². The fourth-order valence-electron chi connectivity index (χ4n) is 2.07. The molecule has 1 amide bonds. The lowest BCUT2D eigenvalue weighted by molar-refractivity contribution is 0.0602. The molecule has 0 atom stereocenters. The molecule has 0 fully saturated rings. The van der Waals surface area contributed by atoms with Crippen molar-refractivity contribution in [3.05, 3.63) is 60.0 Å². The van der Waals surface area contributed by atoms with Crippen LogP contribution in [0.15, 0.2) is 48.8 Å². The molecule has 0 aliphatic carbocycles. The maximum Gasteiger partial charge on any atom is 0.339 e. The van der Waals surface area contributed by atoms with E-state index >= 15 is 0 Å². The second-order valence-electron chi connectivity index (χ2n) is 4.42. The predicted molar refractivity (Wildman–Crippen MR) is 78.7 cm³/mol. The number of nitrogens with one attached hydrogen (secondary N) is 1. The number of rotatable bonds is 3. The Kier molecular flexibility index (Phi) is 3.53. The van der Waals surface area contributed by atoms with Crippen LogP contribution in [-0.4, -0.2) is 33.6 Å². The van der Waals surface area contributed by atoms with Crippen molar-refractivity contribution in [1.29, 1.82) is 0 Å². The van der Waals surface area contributed by atoms with Gasteiger partial charge in [-0.3, -0.25) is 4.79 Å².